The summed E-state index contributed by atoms with van der Waals surface area (Å²) in [6.45, 7) is 0.734. The first-order valence-electron chi connectivity index (χ1n) is 8.36. The van der Waals surface area contributed by atoms with E-state index in [1.165, 1.54) is 28.7 Å². The number of amides is 2. The molecule has 130 valence electrons. The van der Waals surface area contributed by atoms with Crippen molar-refractivity contribution in [3.8, 4) is 0 Å². The zero-order chi connectivity index (χ0) is 17.2. The number of para-hydroxylation sites is 1. The molecule has 0 atom stereocenters. The summed E-state index contributed by atoms with van der Waals surface area (Å²) in [4.78, 5) is 26.3. The number of fused-ring (bicyclic) bond motifs is 1. The Morgan fingerprint density at radius 2 is 2.12 bits per heavy atom. The quantitative estimate of drug-likeness (QED) is 0.643. The van der Waals surface area contributed by atoms with Crippen LogP contribution in [0.3, 0.4) is 0 Å². The third-order valence-electron chi connectivity index (χ3n) is 4.62. The molecule has 1 N–H and O–H groups in total. The third kappa shape index (κ3) is 3.55. The molecule has 2 amide bonds. The van der Waals surface area contributed by atoms with Gasteiger partial charge in [0.15, 0.2) is 4.34 Å². The molecule has 2 heterocycles. The molecule has 2 aliphatic rings. The topological polar surface area (TPSA) is 75.2 Å². The molecule has 4 rings (SSSR count). The smallest absolute Gasteiger partial charge is 0.237 e. The number of rotatable bonds is 5. The summed E-state index contributed by atoms with van der Waals surface area (Å²) in [5, 5.41) is 11.4. The van der Waals surface area contributed by atoms with Gasteiger partial charge in [0.05, 0.1) is 5.75 Å². The van der Waals surface area contributed by atoms with Crippen molar-refractivity contribution in [2.45, 2.75) is 30.0 Å². The summed E-state index contributed by atoms with van der Waals surface area (Å²) in [5.41, 5.74) is 2.23. The average Bonchev–Trinajstić information content (AvgIpc) is 3.17. The van der Waals surface area contributed by atoms with E-state index in [4.69, 9.17) is 0 Å². The lowest BCUT2D eigenvalue weighted by atomic mass is 9.85. The van der Waals surface area contributed by atoms with Crippen LogP contribution in [0.2, 0.25) is 0 Å². The Balaban J connectivity index is 1.31. The number of anilines is 2. The van der Waals surface area contributed by atoms with Gasteiger partial charge in [0.2, 0.25) is 16.9 Å². The number of benzene rings is 1. The standard InChI is InChI=1S/C17H18N4O2S2/c22-14(21-9-8-11-4-1-2-7-13(11)21)10-24-17-20-19-16(25-17)18-15(23)12-5-3-6-12/h1-2,4,7,12H,3,5-6,8-10H2,(H,18,19,23). The second kappa shape index (κ2) is 7.13. The van der Waals surface area contributed by atoms with Crippen molar-refractivity contribution < 1.29 is 9.59 Å². The highest BCUT2D eigenvalue weighted by Gasteiger charge is 2.26. The number of thioether (sulfide) groups is 1. The Morgan fingerprint density at radius 1 is 1.28 bits per heavy atom. The molecule has 0 unspecified atom stereocenters. The molecule has 0 spiro atoms. The maximum Gasteiger partial charge on any atom is 0.237 e. The van der Waals surface area contributed by atoms with Crippen LogP contribution in [0.1, 0.15) is 24.8 Å². The Hall–Kier alpha value is -1.93. The summed E-state index contributed by atoms with van der Waals surface area (Å²) in [6.07, 6.45) is 3.94. The van der Waals surface area contributed by atoms with Crippen LogP contribution in [-0.4, -0.2) is 34.3 Å². The van der Waals surface area contributed by atoms with Crippen LogP contribution in [0, 0.1) is 5.92 Å². The molecule has 0 radical (unpaired) electrons. The van der Waals surface area contributed by atoms with Crippen molar-refractivity contribution in [3.63, 3.8) is 0 Å². The predicted octanol–water partition coefficient (Wildman–Crippen LogP) is 2.96. The maximum absolute atomic E-state index is 12.5. The molecule has 1 aliphatic carbocycles. The number of carbonyl (C=O) groups is 2. The molecule has 1 fully saturated rings. The first-order chi connectivity index (χ1) is 12.2. The summed E-state index contributed by atoms with van der Waals surface area (Å²) in [7, 11) is 0. The van der Waals surface area contributed by atoms with Crippen molar-refractivity contribution in [2.24, 2.45) is 5.92 Å². The Kier molecular flexibility index (Phi) is 4.72. The van der Waals surface area contributed by atoms with Gasteiger partial charge in [-0.15, -0.1) is 10.2 Å². The van der Waals surface area contributed by atoms with Gasteiger partial charge in [0, 0.05) is 18.2 Å². The van der Waals surface area contributed by atoms with E-state index in [0.717, 1.165) is 37.9 Å². The fourth-order valence-electron chi connectivity index (χ4n) is 3.00. The molecule has 25 heavy (non-hydrogen) atoms. The molecule has 1 aliphatic heterocycles. The van der Waals surface area contributed by atoms with Gasteiger partial charge < -0.3 is 10.2 Å². The number of hydrogen-bond acceptors (Lipinski definition) is 6. The first kappa shape index (κ1) is 16.5. The number of nitrogens with zero attached hydrogens (tertiary/aromatic N) is 3. The third-order valence-corrected chi connectivity index (χ3v) is 6.58. The summed E-state index contributed by atoms with van der Waals surface area (Å²) in [5.74, 6) is 0.547. The second-order valence-electron chi connectivity index (χ2n) is 6.20. The molecule has 1 aromatic carbocycles. The number of carbonyl (C=O) groups excluding carboxylic acids is 2. The molecule has 6 nitrogen and oxygen atoms in total. The minimum Gasteiger partial charge on any atom is -0.311 e. The number of hydrogen-bond donors (Lipinski definition) is 1. The molecule has 1 aromatic heterocycles. The van der Waals surface area contributed by atoms with Crippen LogP contribution in [0.4, 0.5) is 10.8 Å². The maximum atomic E-state index is 12.5. The SMILES string of the molecule is O=C(Nc1nnc(SCC(=O)N2CCc3ccccc32)s1)C1CCC1. The molecule has 8 heteroatoms. The van der Waals surface area contributed by atoms with Gasteiger partial charge in [-0.2, -0.15) is 0 Å². The van der Waals surface area contributed by atoms with E-state index in [0.29, 0.717) is 15.2 Å². The summed E-state index contributed by atoms with van der Waals surface area (Å²) >= 11 is 2.69. The minimum absolute atomic E-state index is 0.0312. The average molecular weight is 374 g/mol. The van der Waals surface area contributed by atoms with Crippen LogP contribution in [-0.2, 0) is 16.0 Å². The lowest BCUT2D eigenvalue weighted by molar-refractivity contribution is -0.122. The van der Waals surface area contributed by atoms with Crippen LogP contribution >= 0.6 is 23.1 Å². The van der Waals surface area contributed by atoms with E-state index in [9.17, 15) is 9.59 Å². The zero-order valence-corrected chi connectivity index (χ0v) is 15.2. The van der Waals surface area contributed by atoms with Crippen molar-refractivity contribution in [3.05, 3.63) is 29.8 Å². The fraction of sp³-hybridized carbons (Fsp3) is 0.412. The molecule has 0 bridgehead atoms. The highest BCUT2D eigenvalue weighted by molar-refractivity contribution is 8.01. The van der Waals surface area contributed by atoms with E-state index in [1.54, 1.807) is 0 Å². The van der Waals surface area contributed by atoms with E-state index >= 15 is 0 Å². The highest BCUT2D eigenvalue weighted by atomic mass is 32.2. The van der Waals surface area contributed by atoms with Crippen LogP contribution in [0.25, 0.3) is 0 Å². The molecular formula is C17H18N4O2S2. The summed E-state index contributed by atoms with van der Waals surface area (Å²) < 4.78 is 0.699. The van der Waals surface area contributed by atoms with Crippen molar-refractivity contribution in [1.29, 1.82) is 0 Å². The zero-order valence-electron chi connectivity index (χ0n) is 13.6. The fourth-order valence-corrected chi connectivity index (χ4v) is 4.63. The monoisotopic (exact) mass is 374 g/mol. The molecule has 1 saturated carbocycles. The second-order valence-corrected chi connectivity index (χ2v) is 8.40. The van der Waals surface area contributed by atoms with E-state index in [1.807, 2.05) is 23.1 Å². The van der Waals surface area contributed by atoms with Crippen LogP contribution in [0.5, 0.6) is 0 Å². The molecule has 0 saturated heterocycles. The Bertz CT molecular complexity index is 803. The van der Waals surface area contributed by atoms with Gasteiger partial charge in [-0.25, -0.2) is 0 Å². The van der Waals surface area contributed by atoms with Crippen LogP contribution < -0.4 is 10.2 Å². The first-order valence-corrected chi connectivity index (χ1v) is 10.2. The van der Waals surface area contributed by atoms with Gasteiger partial charge in [0.1, 0.15) is 0 Å². The van der Waals surface area contributed by atoms with Gasteiger partial charge >= 0.3 is 0 Å². The highest BCUT2D eigenvalue weighted by Crippen LogP contribution is 2.31. The summed E-state index contributed by atoms with van der Waals surface area (Å²) in [6, 6.07) is 8.02. The lowest BCUT2D eigenvalue weighted by Gasteiger charge is -2.23. The van der Waals surface area contributed by atoms with E-state index in [2.05, 4.69) is 21.6 Å². The van der Waals surface area contributed by atoms with Gasteiger partial charge in [-0.1, -0.05) is 47.7 Å². The Morgan fingerprint density at radius 3 is 2.92 bits per heavy atom. The van der Waals surface area contributed by atoms with Gasteiger partial charge in [-0.3, -0.25) is 9.59 Å². The number of aromatic nitrogens is 2. The van der Waals surface area contributed by atoms with Gasteiger partial charge in [0.25, 0.3) is 0 Å². The van der Waals surface area contributed by atoms with Crippen molar-refractivity contribution in [1.82, 2.24) is 10.2 Å². The lowest BCUT2D eigenvalue weighted by Crippen LogP contribution is -2.30. The molecular weight excluding hydrogens is 356 g/mol. The van der Waals surface area contributed by atoms with E-state index < -0.39 is 0 Å². The predicted molar refractivity (Wildman–Crippen MR) is 99.1 cm³/mol. The number of nitrogens with one attached hydrogen (secondary N) is 1. The van der Waals surface area contributed by atoms with Crippen LogP contribution in [0.15, 0.2) is 28.6 Å². The minimum atomic E-state index is 0.0312. The van der Waals surface area contributed by atoms with Crippen molar-refractivity contribution >= 4 is 45.7 Å². The normalized spacial score (nSPS) is 16.4. The van der Waals surface area contributed by atoms with Crippen molar-refractivity contribution in [2.75, 3.05) is 22.5 Å². The Labute approximate surface area is 154 Å². The van der Waals surface area contributed by atoms with Gasteiger partial charge in [-0.05, 0) is 30.9 Å². The molecule has 2 aromatic rings. The largest absolute Gasteiger partial charge is 0.311 e. The van der Waals surface area contributed by atoms with E-state index in [-0.39, 0.29) is 17.7 Å².